The van der Waals surface area contributed by atoms with Crippen LogP contribution in [0.1, 0.15) is 51.6 Å². The lowest BCUT2D eigenvalue weighted by Gasteiger charge is -2.26. The number of ether oxygens (including phenoxy) is 1. The summed E-state index contributed by atoms with van der Waals surface area (Å²) in [4.78, 5) is 25.8. The zero-order chi connectivity index (χ0) is 24.3. The summed E-state index contributed by atoms with van der Waals surface area (Å²) in [5.74, 6) is -3.11. The van der Waals surface area contributed by atoms with E-state index in [1.54, 1.807) is 20.8 Å². The highest BCUT2D eigenvalue weighted by Gasteiger charge is 2.41. The fourth-order valence-electron chi connectivity index (χ4n) is 4.47. The first-order valence-corrected chi connectivity index (χ1v) is 11.0. The van der Waals surface area contributed by atoms with Gasteiger partial charge in [-0.15, -0.1) is 0 Å². The van der Waals surface area contributed by atoms with Crippen molar-refractivity contribution >= 4 is 22.7 Å². The molecular formula is C23H28F3N3O4. The van der Waals surface area contributed by atoms with Crippen molar-refractivity contribution in [3.05, 3.63) is 33.6 Å². The van der Waals surface area contributed by atoms with Gasteiger partial charge in [0.2, 0.25) is 0 Å². The van der Waals surface area contributed by atoms with Crippen LogP contribution >= 0.6 is 0 Å². The van der Waals surface area contributed by atoms with Crippen LogP contribution < -0.4 is 15.8 Å². The molecule has 1 unspecified atom stereocenters. The molecular weight excluding hydrogens is 439 g/mol. The van der Waals surface area contributed by atoms with Crippen molar-refractivity contribution in [2.45, 2.75) is 64.3 Å². The van der Waals surface area contributed by atoms with Crippen LogP contribution in [0, 0.1) is 18.6 Å². The molecule has 10 heteroatoms. The van der Waals surface area contributed by atoms with Gasteiger partial charge in [0.25, 0.3) is 5.56 Å². The zero-order valence-electron chi connectivity index (χ0n) is 19.1. The largest absolute Gasteiger partial charge is 0.507 e. The Balaban J connectivity index is 1.67. The van der Waals surface area contributed by atoms with Gasteiger partial charge in [-0.25, -0.2) is 18.0 Å². The summed E-state index contributed by atoms with van der Waals surface area (Å²) in [6.45, 7) is 6.06. The Morgan fingerprint density at radius 2 is 1.97 bits per heavy atom. The number of carbonyl (C=O) groups excluding carboxylic acids is 1. The maximum absolute atomic E-state index is 15.4. The first-order chi connectivity index (χ1) is 15.3. The van der Waals surface area contributed by atoms with E-state index in [9.17, 15) is 14.7 Å². The normalized spacial score (nSPS) is 21.0. The van der Waals surface area contributed by atoms with Gasteiger partial charge in [-0.3, -0.25) is 4.79 Å². The molecule has 4 rings (SSSR count). The van der Waals surface area contributed by atoms with Crippen LogP contribution in [0.25, 0.3) is 10.9 Å². The number of hydrogen-bond acceptors (Lipinski definition) is 5. The lowest BCUT2D eigenvalue weighted by molar-refractivity contribution is 0.0486. The van der Waals surface area contributed by atoms with E-state index in [-0.39, 0.29) is 54.3 Å². The second-order valence-electron chi connectivity index (χ2n) is 9.97. The average molecular weight is 467 g/mol. The number of aromatic nitrogens is 1. The smallest absolute Gasteiger partial charge is 0.407 e. The van der Waals surface area contributed by atoms with Crippen molar-refractivity contribution in [2.75, 3.05) is 24.5 Å². The predicted octanol–water partition coefficient (Wildman–Crippen LogP) is 4.07. The molecule has 180 valence electrons. The van der Waals surface area contributed by atoms with E-state index in [2.05, 4.69) is 5.32 Å². The van der Waals surface area contributed by atoms with Crippen molar-refractivity contribution in [1.29, 1.82) is 0 Å². The second-order valence-corrected chi connectivity index (χ2v) is 9.97. The monoisotopic (exact) mass is 467 g/mol. The summed E-state index contributed by atoms with van der Waals surface area (Å²) >= 11 is 0. The van der Waals surface area contributed by atoms with Crippen molar-refractivity contribution in [2.24, 2.45) is 0 Å². The Kier molecular flexibility index (Phi) is 5.53. The fraction of sp³-hybridized carbons (Fsp3) is 0.565. The van der Waals surface area contributed by atoms with E-state index in [1.807, 2.05) is 0 Å². The molecule has 1 amide bonds. The lowest BCUT2D eigenvalue weighted by Crippen LogP contribution is -2.43. The van der Waals surface area contributed by atoms with Crippen LogP contribution in [0.5, 0.6) is 5.75 Å². The minimum Gasteiger partial charge on any atom is -0.507 e. The van der Waals surface area contributed by atoms with E-state index in [1.165, 1.54) is 16.4 Å². The topological polar surface area (TPSA) is 83.8 Å². The summed E-state index contributed by atoms with van der Waals surface area (Å²) < 4.78 is 52.3. The molecule has 1 aliphatic carbocycles. The number of aryl methyl sites for hydroxylation is 1. The predicted molar refractivity (Wildman–Crippen MR) is 118 cm³/mol. The number of alkyl carbamates (subject to hydrolysis) is 1. The molecule has 7 nitrogen and oxygen atoms in total. The zero-order valence-corrected chi connectivity index (χ0v) is 19.1. The summed E-state index contributed by atoms with van der Waals surface area (Å²) in [6.07, 6.45) is 0.667. The quantitative estimate of drug-likeness (QED) is 0.708. The number of aromatic hydroxyl groups is 1. The highest BCUT2D eigenvalue weighted by molar-refractivity contribution is 5.92. The number of rotatable bonds is 4. The van der Waals surface area contributed by atoms with Gasteiger partial charge >= 0.3 is 6.09 Å². The van der Waals surface area contributed by atoms with E-state index in [0.29, 0.717) is 0 Å². The number of fused-ring (bicyclic) bond motifs is 1. The molecule has 2 aromatic rings. The summed E-state index contributed by atoms with van der Waals surface area (Å²) in [7, 11) is 0. The Labute approximate surface area is 189 Å². The molecule has 1 aromatic carbocycles. The highest BCUT2D eigenvalue weighted by Crippen LogP contribution is 2.43. The van der Waals surface area contributed by atoms with E-state index in [4.69, 9.17) is 4.74 Å². The molecule has 0 spiro atoms. The third-order valence-corrected chi connectivity index (χ3v) is 6.04. The molecule has 33 heavy (non-hydrogen) atoms. The first-order valence-electron chi connectivity index (χ1n) is 11.0. The average Bonchev–Trinajstić information content (AvgIpc) is 3.45. The number of benzene rings is 1. The molecule has 1 saturated carbocycles. The van der Waals surface area contributed by atoms with Crippen molar-refractivity contribution in [3.63, 3.8) is 0 Å². The van der Waals surface area contributed by atoms with E-state index >= 15 is 13.2 Å². The molecule has 1 aliphatic heterocycles. The number of anilines is 1. The van der Waals surface area contributed by atoms with Crippen LogP contribution in [0.15, 0.2) is 10.9 Å². The summed E-state index contributed by atoms with van der Waals surface area (Å²) in [5, 5.41) is 12.3. The van der Waals surface area contributed by atoms with Crippen molar-refractivity contribution < 1.29 is 27.8 Å². The summed E-state index contributed by atoms with van der Waals surface area (Å²) in [5.41, 5.74) is -2.87. The number of carbonyl (C=O) groups is 1. The summed E-state index contributed by atoms with van der Waals surface area (Å²) in [6, 6.07) is 0.751. The third kappa shape index (κ3) is 4.35. The van der Waals surface area contributed by atoms with Gasteiger partial charge in [0.1, 0.15) is 17.0 Å². The second kappa shape index (κ2) is 7.85. The first kappa shape index (κ1) is 23.3. The maximum Gasteiger partial charge on any atom is 0.407 e. The van der Waals surface area contributed by atoms with Crippen LogP contribution in [-0.2, 0) is 4.74 Å². The number of hydrogen-bond donors (Lipinski definition) is 2. The Hall–Kier alpha value is -2.91. The Morgan fingerprint density at radius 3 is 2.58 bits per heavy atom. The van der Waals surface area contributed by atoms with Gasteiger partial charge in [0.15, 0.2) is 11.6 Å². The highest BCUT2D eigenvalue weighted by atomic mass is 19.2. The Bertz CT molecular complexity index is 1190. The number of amides is 1. The van der Waals surface area contributed by atoms with Crippen LogP contribution in [0.4, 0.5) is 23.7 Å². The molecule has 0 bridgehead atoms. The van der Waals surface area contributed by atoms with Gasteiger partial charge in [0, 0.05) is 30.6 Å². The third-order valence-electron chi connectivity index (χ3n) is 6.04. The molecule has 0 radical (unpaired) electrons. The Morgan fingerprint density at radius 1 is 1.30 bits per heavy atom. The minimum absolute atomic E-state index is 0.0171. The van der Waals surface area contributed by atoms with Crippen molar-refractivity contribution in [1.82, 2.24) is 9.88 Å². The molecule has 2 aliphatic rings. The number of nitrogens with zero attached hydrogens (tertiary/aromatic N) is 2. The van der Waals surface area contributed by atoms with Crippen LogP contribution in [0.3, 0.4) is 0 Å². The molecule has 1 aromatic heterocycles. The van der Waals surface area contributed by atoms with E-state index < -0.39 is 40.3 Å². The molecule has 2 heterocycles. The molecule has 1 atom stereocenters. The molecule has 2 N–H and O–H groups in total. The van der Waals surface area contributed by atoms with Crippen molar-refractivity contribution in [3.8, 4) is 5.75 Å². The van der Waals surface area contributed by atoms with E-state index in [0.717, 1.165) is 18.9 Å². The maximum atomic E-state index is 15.4. The number of pyridine rings is 1. The van der Waals surface area contributed by atoms with Crippen LogP contribution in [0.2, 0.25) is 0 Å². The van der Waals surface area contributed by atoms with Gasteiger partial charge in [-0.05, 0) is 40.5 Å². The fourth-order valence-corrected chi connectivity index (χ4v) is 4.47. The molecule has 2 fully saturated rings. The molecule has 1 saturated heterocycles. The van der Waals surface area contributed by atoms with Gasteiger partial charge < -0.3 is 24.6 Å². The number of halogens is 3. The number of alkyl halides is 1. The standard InChI is InChI=1S/C23H28F3N3O4/c1-12-19-16(14(30)9-15(31)29(19)13-5-6-13)17(24)18(25)20(12)28-8-7-23(26,11-28)10-27-21(32)33-22(2,3)4/h9,13,30H,5-8,10-11H2,1-4H3,(H,27,32). The van der Waals surface area contributed by atoms with Gasteiger partial charge in [0.05, 0.1) is 29.7 Å². The number of nitrogens with one attached hydrogen (secondary N) is 1. The lowest BCUT2D eigenvalue weighted by atomic mass is 10.0. The SMILES string of the molecule is Cc1c(N2CCC(F)(CNC(=O)OC(C)(C)C)C2)c(F)c(F)c2c(O)cc(=O)n(C3CC3)c12. The minimum atomic E-state index is -1.88. The van der Waals surface area contributed by atoms with Gasteiger partial charge in [-0.2, -0.15) is 0 Å². The van der Waals surface area contributed by atoms with Gasteiger partial charge in [-0.1, -0.05) is 0 Å². The van der Waals surface area contributed by atoms with Crippen LogP contribution in [-0.4, -0.2) is 46.7 Å².